The molecular formula is C17H10Cl2N4S. The van der Waals surface area contributed by atoms with Gasteiger partial charge in [-0.05, 0) is 23.8 Å². The van der Waals surface area contributed by atoms with E-state index in [0.29, 0.717) is 10.0 Å². The van der Waals surface area contributed by atoms with E-state index >= 15 is 0 Å². The highest BCUT2D eigenvalue weighted by atomic mass is 35.5. The molecule has 0 amide bonds. The zero-order valence-corrected chi connectivity index (χ0v) is 14.6. The Bertz CT molecular complexity index is 1040. The number of hydrogen-bond donors (Lipinski definition) is 0. The quantitative estimate of drug-likeness (QED) is 0.488. The molecule has 4 nitrogen and oxygen atoms in total. The maximum atomic E-state index is 6.03. The van der Waals surface area contributed by atoms with E-state index < -0.39 is 0 Å². The highest BCUT2D eigenvalue weighted by Crippen LogP contribution is 2.25. The molecule has 0 N–H and O–H groups in total. The summed E-state index contributed by atoms with van der Waals surface area (Å²) in [7, 11) is 0. The summed E-state index contributed by atoms with van der Waals surface area (Å²) in [6.07, 6.45) is 3.86. The topological polar surface area (TPSA) is 43.1 Å². The average Bonchev–Trinajstić information content (AvgIpc) is 3.17. The van der Waals surface area contributed by atoms with Gasteiger partial charge in [-0.3, -0.25) is 0 Å². The van der Waals surface area contributed by atoms with Crippen molar-refractivity contribution in [3.05, 3.63) is 69.1 Å². The first kappa shape index (κ1) is 15.3. The van der Waals surface area contributed by atoms with Crippen LogP contribution < -0.4 is 0 Å². The van der Waals surface area contributed by atoms with Gasteiger partial charge in [-0.2, -0.15) is 9.61 Å². The molecule has 0 aliphatic carbocycles. The minimum Gasteiger partial charge on any atom is -0.182 e. The number of halogens is 2. The van der Waals surface area contributed by atoms with Crippen molar-refractivity contribution in [3.63, 3.8) is 0 Å². The van der Waals surface area contributed by atoms with Gasteiger partial charge in [0.15, 0.2) is 5.82 Å². The van der Waals surface area contributed by atoms with Crippen LogP contribution in [0.4, 0.5) is 0 Å². The van der Waals surface area contributed by atoms with Gasteiger partial charge in [-0.1, -0.05) is 77.0 Å². The van der Waals surface area contributed by atoms with E-state index in [2.05, 4.69) is 15.3 Å². The molecule has 0 saturated carbocycles. The minimum absolute atomic E-state index is 0.531. The van der Waals surface area contributed by atoms with Crippen molar-refractivity contribution in [3.8, 4) is 11.4 Å². The smallest absolute Gasteiger partial charge is 0.182 e. The second kappa shape index (κ2) is 6.36. The van der Waals surface area contributed by atoms with E-state index in [1.54, 1.807) is 10.6 Å². The Hall–Kier alpha value is -2.21. The van der Waals surface area contributed by atoms with Gasteiger partial charge in [-0.15, -0.1) is 10.2 Å². The van der Waals surface area contributed by atoms with E-state index in [9.17, 15) is 0 Å². The summed E-state index contributed by atoms with van der Waals surface area (Å²) in [6, 6.07) is 15.4. The van der Waals surface area contributed by atoms with E-state index in [0.717, 1.165) is 26.9 Å². The van der Waals surface area contributed by atoms with E-state index in [1.807, 2.05) is 54.6 Å². The zero-order valence-electron chi connectivity index (χ0n) is 12.2. The third-order valence-electron chi connectivity index (χ3n) is 3.40. The predicted molar refractivity (Wildman–Crippen MR) is 99.5 cm³/mol. The number of rotatable bonds is 3. The zero-order chi connectivity index (χ0) is 16.5. The van der Waals surface area contributed by atoms with Crippen LogP contribution in [0.1, 0.15) is 10.6 Å². The third kappa shape index (κ3) is 2.94. The van der Waals surface area contributed by atoms with Crippen molar-refractivity contribution in [2.75, 3.05) is 0 Å². The molecule has 0 unspecified atom stereocenters. The van der Waals surface area contributed by atoms with Crippen LogP contribution in [0.3, 0.4) is 0 Å². The van der Waals surface area contributed by atoms with Crippen LogP contribution in [-0.4, -0.2) is 19.8 Å². The third-order valence-corrected chi connectivity index (χ3v) is 5.00. The fourth-order valence-corrected chi connectivity index (χ4v) is 3.30. The molecule has 7 heteroatoms. The van der Waals surface area contributed by atoms with Crippen LogP contribution in [0.15, 0.2) is 48.5 Å². The lowest BCUT2D eigenvalue weighted by Crippen LogP contribution is -1.90. The van der Waals surface area contributed by atoms with Crippen molar-refractivity contribution in [1.82, 2.24) is 19.8 Å². The SMILES string of the molecule is Clc1ccc(/C=C/c2nn3c(-c4ccccc4)nnc3s2)cc1Cl. The van der Waals surface area contributed by atoms with Crippen molar-refractivity contribution in [1.29, 1.82) is 0 Å². The Morgan fingerprint density at radius 2 is 1.75 bits per heavy atom. The van der Waals surface area contributed by atoms with Gasteiger partial charge in [0.2, 0.25) is 4.96 Å². The number of nitrogens with zero attached hydrogens (tertiary/aromatic N) is 4. The molecule has 0 aliphatic heterocycles. The summed E-state index contributed by atoms with van der Waals surface area (Å²) in [5, 5.41) is 14.9. The first-order valence-corrected chi connectivity index (χ1v) is 8.69. The summed E-state index contributed by atoms with van der Waals surface area (Å²) >= 11 is 13.4. The monoisotopic (exact) mass is 372 g/mol. The average molecular weight is 373 g/mol. The first-order chi connectivity index (χ1) is 11.7. The van der Waals surface area contributed by atoms with Crippen molar-refractivity contribution in [2.45, 2.75) is 0 Å². The number of benzene rings is 2. The predicted octanol–water partition coefficient (Wildman–Crippen LogP) is 5.33. The standard InChI is InChI=1S/C17H10Cl2N4S/c18-13-8-6-11(10-14(13)19)7-9-15-22-23-16(20-21-17(23)24-15)12-4-2-1-3-5-12/h1-10H/b9-7+. The molecule has 0 bridgehead atoms. The molecule has 0 radical (unpaired) electrons. The van der Waals surface area contributed by atoms with Gasteiger partial charge >= 0.3 is 0 Å². The first-order valence-electron chi connectivity index (χ1n) is 7.11. The Morgan fingerprint density at radius 1 is 0.917 bits per heavy atom. The lowest BCUT2D eigenvalue weighted by atomic mass is 10.2. The van der Waals surface area contributed by atoms with Crippen LogP contribution in [0.25, 0.3) is 28.5 Å². The fraction of sp³-hybridized carbons (Fsp3) is 0. The summed E-state index contributed by atoms with van der Waals surface area (Å²) in [5.74, 6) is 0.732. The molecule has 0 atom stereocenters. The lowest BCUT2D eigenvalue weighted by molar-refractivity contribution is 0.960. The highest BCUT2D eigenvalue weighted by Gasteiger charge is 2.11. The van der Waals surface area contributed by atoms with Crippen LogP contribution in [0.2, 0.25) is 10.0 Å². The van der Waals surface area contributed by atoms with E-state index in [1.165, 1.54) is 11.3 Å². The molecule has 2 heterocycles. The Balaban J connectivity index is 1.67. The molecule has 118 valence electrons. The summed E-state index contributed by atoms with van der Waals surface area (Å²) < 4.78 is 1.76. The van der Waals surface area contributed by atoms with Gasteiger partial charge in [0, 0.05) is 5.56 Å². The van der Waals surface area contributed by atoms with Gasteiger partial charge in [0.05, 0.1) is 10.0 Å². The lowest BCUT2D eigenvalue weighted by Gasteiger charge is -1.97. The Labute approximate surface area is 152 Å². The molecule has 24 heavy (non-hydrogen) atoms. The normalized spacial score (nSPS) is 11.6. The van der Waals surface area contributed by atoms with Gasteiger partial charge in [0.1, 0.15) is 5.01 Å². The van der Waals surface area contributed by atoms with E-state index in [-0.39, 0.29) is 0 Å². The number of aromatic nitrogens is 4. The molecule has 2 aromatic heterocycles. The molecule has 0 aliphatic rings. The molecule has 2 aromatic carbocycles. The maximum Gasteiger partial charge on any atom is 0.235 e. The maximum absolute atomic E-state index is 6.03. The summed E-state index contributed by atoms with van der Waals surface area (Å²) in [4.78, 5) is 0.752. The number of hydrogen-bond acceptors (Lipinski definition) is 4. The molecule has 0 saturated heterocycles. The van der Waals surface area contributed by atoms with Gasteiger partial charge < -0.3 is 0 Å². The second-order valence-electron chi connectivity index (χ2n) is 5.03. The molecule has 0 fully saturated rings. The summed E-state index contributed by atoms with van der Waals surface area (Å²) in [5.41, 5.74) is 1.94. The van der Waals surface area contributed by atoms with Crippen LogP contribution in [-0.2, 0) is 0 Å². The fourth-order valence-electron chi connectivity index (χ4n) is 2.25. The van der Waals surface area contributed by atoms with Crippen LogP contribution >= 0.6 is 34.5 Å². The van der Waals surface area contributed by atoms with Crippen LogP contribution in [0, 0.1) is 0 Å². The van der Waals surface area contributed by atoms with Crippen molar-refractivity contribution >= 4 is 51.7 Å². The van der Waals surface area contributed by atoms with E-state index in [4.69, 9.17) is 23.2 Å². The second-order valence-corrected chi connectivity index (χ2v) is 6.83. The Morgan fingerprint density at radius 3 is 2.54 bits per heavy atom. The van der Waals surface area contributed by atoms with Crippen molar-refractivity contribution < 1.29 is 0 Å². The minimum atomic E-state index is 0.531. The molecule has 0 spiro atoms. The highest BCUT2D eigenvalue weighted by molar-refractivity contribution is 7.17. The largest absolute Gasteiger partial charge is 0.235 e. The van der Waals surface area contributed by atoms with Crippen LogP contribution in [0.5, 0.6) is 0 Å². The molecule has 4 aromatic rings. The van der Waals surface area contributed by atoms with Gasteiger partial charge in [0.25, 0.3) is 0 Å². The Kier molecular flexibility index (Phi) is 4.06. The molecule has 4 rings (SSSR count). The number of fused-ring (bicyclic) bond motifs is 1. The molecular weight excluding hydrogens is 363 g/mol. The van der Waals surface area contributed by atoms with Gasteiger partial charge in [-0.25, -0.2) is 0 Å². The van der Waals surface area contributed by atoms with Crippen molar-refractivity contribution in [2.24, 2.45) is 0 Å². The summed E-state index contributed by atoms with van der Waals surface area (Å²) in [6.45, 7) is 0.